The monoisotopic (exact) mass is 462 g/mol. The van der Waals surface area contributed by atoms with Crippen molar-refractivity contribution in [2.75, 3.05) is 85.6 Å². The minimum atomic E-state index is -0.912. The lowest BCUT2D eigenvalue weighted by Gasteiger charge is -2.33. The van der Waals surface area contributed by atoms with Crippen molar-refractivity contribution in [2.45, 2.75) is 19.3 Å². The van der Waals surface area contributed by atoms with E-state index in [1.54, 1.807) is 0 Å². The molecule has 0 amide bonds. The fourth-order valence-corrected chi connectivity index (χ4v) is 3.40. The molecule has 12 heteroatoms. The van der Waals surface area contributed by atoms with Crippen LogP contribution in [0.25, 0.3) is 0 Å². The molecule has 0 aromatic heterocycles. The summed E-state index contributed by atoms with van der Waals surface area (Å²) in [5.41, 5.74) is 0. The third kappa shape index (κ3) is 15.6. The molecule has 1 saturated heterocycles. The zero-order valence-corrected chi connectivity index (χ0v) is 18.9. The number of carboxylic acid groups (broad SMARTS) is 3. The Hall–Kier alpha value is -2.12. The van der Waals surface area contributed by atoms with Gasteiger partial charge in [0.05, 0.1) is 19.6 Å². The smallest absolute Gasteiger partial charge is 0.317 e. The third-order valence-electron chi connectivity index (χ3n) is 5.10. The van der Waals surface area contributed by atoms with Crippen molar-refractivity contribution in [1.29, 1.82) is 0 Å². The van der Waals surface area contributed by atoms with Gasteiger partial charge in [-0.15, -0.1) is 0 Å². The van der Waals surface area contributed by atoms with Crippen LogP contribution < -0.4 is 0 Å². The van der Waals surface area contributed by atoms with Crippen LogP contribution in [-0.2, 0) is 19.2 Å². The molecule has 1 heterocycles. The van der Waals surface area contributed by atoms with Crippen LogP contribution in [0.5, 0.6) is 0 Å². The number of nitrogens with zero attached hydrogens (tertiary/aromatic N) is 4. The highest BCUT2D eigenvalue weighted by Gasteiger charge is 2.18. The van der Waals surface area contributed by atoms with Crippen molar-refractivity contribution in [2.24, 2.45) is 0 Å². The Balaban J connectivity index is 0.00000466. The van der Waals surface area contributed by atoms with Crippen molar-refractivity contribution in [3.63, 3.8) is 0 Å². The number of unbranched alkanes of at least 4 members (excludes halogenated alkanes) is 1. The van der Waals surface area contributed by atoms with Gasteiger partial charge >= 0.3 is 17.9 Å². The molecule has 0 aromatic rings. The fraction of sp³-hybridized carbons (Fsp3) is 0.800. The van der Waals surface area contributed by atoms with E-state index in [2.05, 4.69) is 4.90 Å². The summed E-state index contributed by atoms with van der Waals surface area (Å²) in [5, 5.41) is 34.2. The molecule has 0 spiro atoms. The van der Waals surface area contributed by atoms with E-state index in [0.717, 1.165) is 13.4 Å². The summed E-state index contributed by atoms with van der Waals surface area (Å²) >= 11 is 0. The standard InChI is InChI=1S/C19H34N4O7.CH4O/c24-14-13-21-7-11-22(15-18(27)28)9-5-20(4-2-1-3-17(25)26)6-10-23(12-8-21)16-19(29)30;1-2/h14H,1-13,15-16H2,(H,25,26)(H,27,28)(H,29,30);2H,1H3. The normalized spacial score (nSPS) is 17.9. The molecule has 0 radical (unpaired) electrons. The topological polar surface area (TPSA) is 162 Å². The van der Waals surface area contributed by atoms with Crippen LogP contribution in [0.1, 0.15) is 19.3 Å². The van der Waals surface area contributed by atoms with E-state index < -0.39 is 17.9 Å². The second kappa shape index (κ2) is 18.5. The molecule has 1 rings (SSSR count). The first-order valence-corrected chi connectivity index (χ1v) is 10.7. The lowest BCUT2D eigenvalue weighted by Crippen LogP contribution is -2.48. The quantitative estimate of drug-likeness (QED) is 0.207. The molecule has 0 aliphatic carbocycles. The highest BCUT2D eigenvalue weighted by Crippen LogP contribution is 2.04. The lowest BCUT2D eigenvalue weighted by atomic mass is 10.2. The Morgan fingerprint density at radius 1 is 0.656 bits per heavy atom. The van der Waals surface area contributed by atoms with E-state index in [4.69, 9.17) is 10.2 Å². The third-order valence-corrected chi connectivity index (χ3v) is 5.10. The summed E-state index contributed by atoms with van der Waals surface area (Å²) in [4.78, 5) is 51.8. The number of aliphatic hydroxyl groups excluding tert-OH is 1. The predicted molar refractivity (Wildman–Crippen MR) is 117 cm³/mol. The minimum Gasteiger partial charge on any atom is -0.481 e. The van der Waals surface area contributed by atoms with E-state index in [9.17, 15) is 29.4 Å². The Kier molecular flexibility index (Phi) is 17.2. The Morgan fingerprint density at radius 2 is 1.06 bits per heavy atom. The molecule has 1 fully saturated rings. The molecular formula is C20H38N4O8. The van der Waals surface area contributed by atoms with Crippen LogP contribution in [0.2, 0.25) is 0 Å². The van der Waals surface area contributed by atoms with Gasteiger partial charge in [-0.3, -0.25) is 29.1 Å². The second-order valence-corrected chi connectivity index (χ2v) is 7.50. The number of carbonyl (C=O) groups is 4. The molecule has 0 unspecified atom stereocenters. The molecule has 12 nitrogen and oxygen atoms in total. The van der Waals surface area contributed by atoms with Crippen LogP contribution >= 0.6 is 0 Å². The number of aliphatic hydroxyl groups is 1. The molecule has 0 saturated carbocycles. The van der Waals surface area contributed by atoms with Gasteiger partial charge in [0.2, 0.25) is 0 Å². The molecule has 1 aliphatic heterocycles. The molecule has 0 aromatic carbocycles. The van der Waals surface area contributed by atoms with Gasteiger partial charge in [-0.2, -0.15) is 0 Å². The molecule has 32 heavy (non-hydrogen) atoms. The molecular weight excluding hydrogens is 424 g/mol. The number of aliphatic carboxylic acids is 3. The van der Waals surface area contributed by atoms with E-state index in [1.165, 1.54) is 0 Å². The molecule has 186 valence electrons. The zero-order valence-electron chi connectivity index (χ0n) is 18.9. The number of aldehydes is 1. The van der Waals surface area contributed by atoms with Crippen LogP contribution in [0.4, 0.5) is 0 Å². The van der Waals surface area contributed by atoms with Gasteiger partial charge in [0.25, 0.3) is 0 Å². The summed E-state index contributed by atoms with van der Waals surface area (Å²) in [7, 11) is 1.00. The number of carbonyl (C=O) groups excluding carboxylic acids is 1. The van der Waals surface area contributed by atoms with Crippen LogP contribution in [-0.4, -0.2) is 150 Å². The summed E-state index contributed by atoms with van der Waals surface area (Å²) < 4.78 is 0. The first-order chi connectivity index (χ1) is 15.3. The lowest BCUT2D eigenvalue weighted by molar-refractivity contribution is -0.139. The Labute approximate surface area is 189 Å². The molecule has 0 bridgehead atoms. The van der Waals surface area contributed by atoms with Crippen LogP contribution in [0.15, 0.2) is 0 Å². The first kappa shape index (κ1) is 29.9. The minimum absolute atomic E-state index is 0.0904. The number of hydrogen-bond donors (Lipinski definition) is 4. The summed E-state index contributed by atoms with van der Waals surface area (Å²) in [5.74, 6) is -2.65. The SMILES string of the molecule is CO.O=CCN1CCN(CC(=O)O)CCN(CCCCC(=O)O)CCN(CC(=O)O)CC1. The van der Waals surface area contributed by atoms with Crippen LogP contribution in [0, 0.1) is 0 Å². The van der Waals surface area contributed by atoms with E-state index in [1.807, 2.05) is 14.7 Å². The van der Waals surface area contributed by atoms with Gasteiger partial charge in [0, 0.05) is 65.9 Å². The highest BCUT2D eigenvalue weighted by atomic mass is 16.4. The molecule has 1 aliphatic rings. The van der Waals surface area contributed by atoms with Crippen molar-refractivity contribution < 1.29 is 39.6 Å². The summed E-state index contributed by atoms with van der Waals surface area (Å²) in [6.45, 7) is 5.00. The Bertz CT molecular complexity index is 532. The van der Waals surface area contributed by atoms with Crippen molar-refractivity contribution in [3.05, 3.63) is 0 Å². The highest BCUT2D eigenvalue weighted by molar-refractivity contribution is 5.69. The van der Waals surface area contributed by atoms with Crippen molar-refractivity contribution in [3.8, 4) is 0 Å². The van der Waals surface area contributed by atoms with E-state index >= 15 is 0 Å². The second-order valence-electron chi connectivity index (χ2n) is 7.50. The zero-order chi connectivity index (χ0) is 24.4. The maximum atomic E-state index is 11.2. The van der Waals surface area contributed by atoms with Crippen molar-refractivity contribution >= 4 is 24.2 Å². The number of rotatable bonds is 11. The van der Waals surface area contributed by atoms with Crippen molar-refractivity contribution in [1.82, 2.24) is 19.6 Å². The summed E-state index contributed by atoms with van der Waals surface area (Å²) in [6, 6.07) is 0. The summed E-state index contributed by atoms with van der Waals surface area (Å²) in [6.07, 6.45) is 2.17. The molecule has 4 N–H and O–H groups in total. The van der Waals surface area contributed by atoms with E-state index in [0.29, 0.717) is 71.7 Å². The van der Waals surface area contributed by atoms with Gasteiger partial charge in [-0.1, -0.05) is 0 Å². The number of hydrogen-bond acceptors (Lipinski definition) is 9. The average Bonchev–Trinajstić information content (AvgIpc) is 2.73. The van der Waals surface area contributed by atoms with Gasteiger partial charge in [0.15, 0.2) is 0 Å². The van der Waals surface area contributed by atoms with Gasteiger partial charge in [0.1, 0.15) is 6.29 Å². The Morgan fingerprint density at radius 3 is 1.44 bits per heavy atom. The van der Waals surface area contributed by atoms with Gasteiger partial charge in [-0.25, -0.2) is 0 Å². The fourth-order valence-electron chi connectivity index (χ4n) is 3.40. The van der Waals surface area contributed by atoms with E-state index in [-0.39, 0.29) is 26.1 Å². The van der Waals surface area contributed by atoms with Crippen LogP contribution in [0.3, 0.4) is 0 Å². The molecule has 0 atom stereocenters. The number of carboxylic acids is 3. The average molecular weight is 463 g/mol. The maximum Gasteiger partial charge on any atom is 0.317 e. The maximum absolute atomic E-state index is 11.2. The van der Waals surface area contributed by atoms with Gasteiger partial charge in [-0.05, 0) is 19.4 Å². The predicted octanol–water partition coefficient (Wildman–Crippen LogP) is -1.56. The largest absolute Gasteiger partial charge is 0.481 e. The van der Waals surface area contributed by atoms with Gasteiger partial charge < -0.3 is 30.1 Å². The first-order valence-electron chi connectivity index (χ1n) is 10.7.